The van der Waals surface area contributed by atoms with Crippen LogP contribution in [0.5, 0.6) is 11.5 Å². The summed E-state index contributed by atoms with van der Waals surface area (Å²) in [4.78, 5) is 24.2. The molecule has 0 radical (unpaired) electrons. The van der Waals surface area contributed by atoms with Gasteiger partial charge in [0.2, 0.25) is 0 Å². The summed E-state index contributed by atoms with van der Waals surface area (Å²) in [6.45, 7) is 0.261. The Labute approximate surface area is 174 Å². The van der Waals surface area contributed by atoms with E-state index in [-0.39, 0.29) is 31.3 Å². The smallest absolute Gasteiger partial charge is 0.338 e. The first kappa shape index (κ1) is 19.9. The van der Waals surface area contributed by atoms with E-state index in [0.717, 1.165) is 0 Å². The van der Waals surface area contributed by atoms with Crippen LogP contribution in [0.25, 0.3) is 0 Å². The molecule has 1 heterocycles. The fourth-order valence-electron chi connectivity index (χ4n) is 2.24. The Morgan fingerprint density at radius 3 is 2.26 bits per heavy atom. The second-order valence-corrected chi connectivity index (χ2v) is 6.90. The number of hydrogen-bond acceptors (Lipinski definition) is 5. The maximum absolute atomic E-state index is 12.1. The van der Waals surface area contributed by atoms with Gasteiger partial charge in [-0.05, 0) is 24.3 Å². The van der Waals surface area contributed by atoms with E-state index in [0.29, 0.717) is 24.7 Å². The van der Waals surface area contributed by atoms with E-state index in [9.17, 15) is 9.59 Å². The minimum absolute atomic E-state index is 0.0255. The second kappa shape index (κ2) is 8.44. The maximum atomic E-state index is 12.1. The van der Waals surface area contributed by atoms with Gasteiger partial charge in [-0.1, -0.05) is 46.4 Å². The van der Waals surface area contributed by atoms with Crippen LogP contribution in [0.4, 0.5) is 5.69 Å². The Kier molecular flexibility index (Phi) is 6.22. The summed E-state index contributed by atoms with van der Waals surface area (Å²) >= 11 is 23.8. The van der Waals surface area contributed by atoms with Crippen LogP contribution >= 0.6 is 46.4 Å². The molecule has 0 unspecified atom stereocenters. The van der Waals surface area contributed by atoms with Gasteiger partial charge in [0, 0.05) is 0 Å². The number of halogens is 4. The molecule has 6 nitrogen and oxygen atoms in total. The lowest BCUT2D eigenvalue weighted by Gasteiger charge is -2.18. The van der Waals surface area contributed by atoms with E-state index >= 15 is 0 Å². The highest BCUT2D eigenvalue weighted by molar-refractivity contribution is 6.50. The predicted molar refractivity (Wildman–Crippen MR) is 103 cm³/mol. The van der Waals surface area contributed by atoms with Crippen molar-refractivity contribution in [3.8, 4) is 11.5 Å². The summed E-state index contributed by atoms with van der Waals surface area (Å²) in [5.41, 5.74) is 0.255. The number of anilines is 1. The Morgan fingerprint density at radius 2 is 1.59 bits per heavy atom. The van der Waals surface area contributed by atoms with Crippen LogP contribution in [0.3, 0.4) is 0 Å². The van der Waals surface area contributed by atoms with Crippen molar-refractivity contribution in [1.82, 2.24) is 0 Å². The molecule has 0 aromatic heterocycles. The molecule has 0 saturated heterocycles. The third-order valence-corrected chi connectivity index (χ3v) is 5.06. The Bertz CT molecular complexity index is 892. The fourth-order valence-corrected chi connectivity index (χ4v) is 3.15. The third-order valence-electron chi connectivity index (χ3n) is 3.49. The highest BCUT2D eigenvalue weighted by Gasteiger charge is 2.19. The number of benzene rings is 2. The highest BCUT2D eigenvalue weighted by Crippen LogP contribution is 2.41. The first-order chi connectivity index (χ1) is 12.9. The standard InChI is InChI=1S/C17H11Cl4NO5/c18-9-6-10(19)15(21)16(14(9)20)22-13(23)7-27-17(24)8-1-2-11-12(5-8)26-4-3-25-11/h1-2,5-6H,3-4,7H2,(H,22,23). The number of fused-ring (bicyclic) bond motifs is 1. The molecule has 1 amide bonds. The summed E-state index contributed by atoms with van der Waals surface area (Å²) < 4.78 is 15.8. The number of carbonyl (C=O) groups excluding carboxylic acids is 2. The van der Waals surface area contributed by atoms with Gasteiger partial charge in [0.25, 0.3) is 5.91 Å². The van der Waals surface area contributed by atoms with Crippen molar-refractivity contribution < 1.29 is 23.8 Å². The van der Waals surface area contributed by atoms with Crippen molar-refractivity contribution in [2.45, 2.75) is 0 Å². The first-order valence-electron chi connectivity index (χ1n) is 7.56. The molecule has 0 spiro atoms. The van der Waals surface area contributed by atoms with Crippen LogP contribution in [0, 0.1) is 0 Å². The summed E-state index contributed by atoms with van der Waals surface area (Å²) in [7, 11) is 0. The van der Waals surface area contributed by atoms with Gasteiger partial charge >= 0.3 is 5.97 Å². The fraction of sp³-hybridized carbons (Fsp3) is 0.176. The number of esters is 1. The summed E-state index contributed by atoms with van der Waals surface area (Å²) in [5.74, 6) is -0.392. The van der Waals surface area contributed by atoms with Crippen molar-refractivity contribution in [2.75, 3.05) is 25.1 Å². The molecule has 0 aliphatic carbocycles. The quantitative estimate of drug-likeness (QED) is 0.531. The molecule has 27 heavy (non-hydrogen) atoms. The summed E-state index contributed by atoms with van der Waals surface area (Å²) in [6.07, 6.45) is 0. The molecular formula is C17H11Cl4NO5. The number of nitrogens with one attached hydrogen (secondary N) is 1. The number of amides is 1. The SMILES string of the molecule is O=C(COC(=O)c1ccc2c(c1)OCCO2)Nc1c(Cl)c(Cl)cc(Cl)c1Cl. The minimum atomic E-state index is -0.705. The van der Waals surface area contributed by atoms with Crippen molar-refractivity contribution in [3.05, 3.63) is 49.9 Å². The van der Waals surface area contributed by atoms with Gasteiger partial charge in [0.1, 0.15) is 13.2 Å². The molecule has 1 aliphatic heterocycles. The van der Waals surface area contributed by atoms with Gasteiger partial charge in [-0.2, -0.15) is 0 Å². The lowest BCUT2D eigenvalue weighted by molar-refractivity contribution is -0.119. The maximum Gasteiger partial charge on any atom is 0.338 e. The van der Waals surface area contributed by atoms with Gasteiger partial charge in [0.15, 0.2) is 18.1 Å². The molecule has 0 bridgehead atoms. The van der Waals surface area contributed by atoms with Gasteiger partial charge in [-0.25, -0.2) is 4.79 Å². The number of rotatable bonds is 4. The molecule has 0 saturated carbocycles. The zero-order valence-electron chi connectivity index (χ0n) is 13.5. The van der Waals surface area contributed by atoms with Gasteiger partial charge in [-0.3, -0.25) is 4.79 Å². The zero-order valence-corrected chi connectivity index (χ0v) is 16.5. The Hall–Kier alpha value is -1.86. The van der Waals surface area contributed by atoms with Crippen LogP contribution in [0.1, 0.15) is 10.4 Å². The van der Waals surface area contributed by atoms with E-state index in [1.807, 2.05) is 0 Å². The van der Waals surface area contributed by atoms with Crippen LogP contribution in [-0.4, -0.2) is 31.7 Å². The second-order valence-electron chi connectivity index (χ2n) is 5.33. The van der Waals surface area contributed by atoms with Crippen LogP contribution in [0.2, 0.25) is 20.1 Å². The number of hydrogen-bond donors (Lipinski definition) is 1. The minimum Gasteiger partial charge on any atom is -0.486 e. The average Bonchev–Trinajstić information content (AvgIpc) is 2.67. The largest absolute Gasteiger partial charge is 0.486 e. The molecular weight excluding hydrogens is 440 g/mol. The topological polar surface area (TPSA) is 73.9 Å². The molecule has 3 rings (SSSR count). The first-order valence-corrected chi connectivity index (χ1v) is 9.07. The Balaban J connectivity index is 1.64. The van der Waals surface area contributed by atoms with E-state index < -0.39 is 18.5 Å². The summed E-state index contributed by atoms with van der Waals surface area (Å²) in [5, 5.41) is 2.71. The highest BCUT2D eigenvalue weighted by atomic mass is 35.5. The normalized spacial score (nSPS) is 12.4. The number of ether oxygens (including phenoxy) is 3. The van der Waals surface area contributed by atoms with Gasteiger partial charge < -0.3 is 19.5 Å². The van der Waals surface area contributed by atoms with Gasteiger partial charge in [-0.15, -0.1) is 0 Å². The number of carbonyl (C=O) groups is 2. The average molecular weight is 451 g/mol. The predicted octanol–water partition coefficient (Wildman–Crippen LogP) is 4.87. The summed E-state index contributed by atoms with van der Waals surface area (Å²) in [6, 6.07) is 5.95. The monoisotopic (exact) mass is 449 g/mol. The van der Waals surface area contributed by atoms with Crippen molar-refractivity contribution in [2.24, 2.45) is 0 Å². The lowest BCUT2D eigenvalue weighted by atomic mass is 10.2. The molecule has 2 aromatic rings. The molecule has 142 valence electrons. The molecule has 0 fully saturated rings. The van der Waals surface area contributed by atoms with Crippen LogP contribution < -0.4 is 14.8 Å². The van der Waals surface area contributed by atoms with Crippen molar-refractivity contribution in [3.63, 3.8) is 0 Å². The molecule has 0 atom stereocenters. The third kappa shape index (κ3) is 4.52. The Morgan fingerprint density at radius 1 is 0.963 bits per heavy atom. The van der Waals surface area contributed by atoms with E-state index in [1.165, 1.54) is 18.2 Å². The molecule has 2 aromatic carbocycles. The van der Waals surface area contributed by atoms with E-state index in [4.69, 9.17) is 60.6 Å². The molecule has 1 N–H and O–H groups in total. The van der Waals surface area contributed by atoms with E-state index in [1.54, 1.807) is 6.07 Å². The lowest BCUT2D eigenvalue weighted by Crippen LogP contribution is -2.21. The van der Waals surface area contributed by atoms with Crippen LogP contribution in [-0.2, 0) is 9.53 Å². The zero-order chi connectivity index (χ0) is 19.6. The van der Waals surface area contributed by atoms with Crippen molar-refractivity contribution in [1.29, 1.82) is 0 Å². The van der Waals surface area contributed by atoms with Gasteiger partial charge in [0.05, 0.1) is 31.3 Å². The molecule has 10 heteroatoms. The molecule has 1 aliphatic rings. The van der Waals surface area contributed by atoms with Crippen LogP contribution in [0.15, 0.2) is 24.3 Å². The van der Waals surface area contributed by atoms with Crippen molar-refractivity contribution >= 4 is 64.0 Å². The van der Waals surface area contributed by atoms with E-state index in [2.05, 4.69) is 5.32 Å².